The summed E-state index contributed by atoms with van der Waals surface area (Å²) < 4.78 is 15.2. The summed E-state index contributed by atoms with van der Waals surface area (Å²) in [7, 11) is 0. The van der Waals surface area contributed by atoms with Gasteiger partial charge >= 0.3 is 0 Å². The first kappa shape index (κ1) is 12.8. The SMILES string of the molecule is Fc1c(Cl)cccc1Nc1ncc(Br)cc1Br. The van der Waals surface area contributed by atoms with Crippen molar-refractivity contribution < 1.29 is 4.39 Å². The Kier molecular flexibility index (Phi) is 4.01. The smallest absolute Gasteiger partial charge is 0.165 e. The number of benzene rings is 1. The predicted octanol–water partition coefficient (Wildman–Crippen LogP) is 5.14. The normalized spacial score (nSPS) is 10.4. The lowest BCUT2D eigenvalue weighted by Gasteiger charge is -2.09. The Morgan fingerprint density at radius 2 is 2.06 bits per heavy atom. The van der Waals surface area contributed by atoms with Gasteiger partial charge in [0.25, 0.3) is 0 Å². The predicted molar refractivity (Wildman–Crippen MR) is 74.3 cm³/mol. The van der Waals surface area contributed by atoms with Crippen molar-refractivity contribution in [2.24, 2.45) is 0 Å². The number of pyridine rings is 1. The van der Waals surface area contributed by atoms with Crippen LogP contribution in [0.5, 0.6) is 0 Å². The summed E-state index contributed by atoms with van der Waals surface area (Å²) in [5.41, 5.74) is 0.285. The highest BCUT2D eigenvalue weighted by Crippen LogP contribution is 2.29. The summed E-state index contributed by atoms with van der Waals surface area (Å²) in [6.07, 6.45) is 1.62. The van der Waals surface area contributed by atoms with E-state index in [4.69, 9.17) is 11.6 Å². The van der Waals surface area contributed by atoms with Crippen LogP contribution in [0.4, 0.5) is 15.9 Å². The Labute approximate surface area is 119 Å². The second-order valence-corrected chi connectivity index (χ2v) is 5.39. The van der Waals surface area contributed by atoms with Gasteiger partial charge < -0.3 is 5.32 Å². The highest BCUT2D eigenvalue weighted by atomic mass is 79.9. The van der Waals surface area contributed by atoms with E-state index >= 15 is 0 Å². The van der Waals surface area contributed by atoms with E-state index in [0.717, 1.165) is 8.95 Å². The zero-order valence-corrected chi connectivity index (χ0v) is 12.3. The molecule has 1 N–H and O–H groups in total. The monoisotopic (exact) mass is 378 g/mol. The molecule has 0 saturated carbocycles. The van der Waals surface area contributed by atoms with Crippen LogP contribution < -0.4 is 5.32 Å². The van der Waals surface area contributed by atoms with Gasteiger partial charge in [-0.05, 0) is 50.1 Å². The topological polar surface area (TPSA) is 24.9 Å². The van der Waals surface area contributed by atoms with Gasteiger partial charge in [-0.1, -0.05) is 17.7 Å². The average Bonchev–Trinajstić information content (AvgIpc) is 2.28. The fourth-order valence-electron chi connectivity index (χ4n) is 1.23. The maximum absolute atomic E-state index is 13.7. The van der Waals surface area contributed by atoms with Crippen molar-refractivity contribution in [2.75, 3.05) is 5.32 Å². The molecule has 0 unspecified atom stereocenters. The molecule has 0 atom stereocenters. The molecule has 0 aliphatic carbocycles. The fraction of sp³-hybridized carbons (Fsp3) is 0. The molecule has 2 rings (SSSR count). The molecular formula is C11H6Br2ClFN2. The van der Waals surface area contributed by atoms with Crippen molar-refractivity contribution in [1.82, 2.24) is 4.98 Å². The maximum atomic E-state index is 13.7. The summed E-state index contributed by atoms with van der Waals surface area (Å²) in [6.45, 7) is 0. The van der Waals surface area contributed by atoms with Gasteiger partial charge in [-0.25, -0.2) is 9.37 Å². The zero-order valence-electron chi connectivity index (χ0n) is 8.35. The number of hydrogen-bond donors (Lipinski definition) is 1. The molecule has 6 heteroatoms. The fourth-order valence-corrected chi connectivity index (χ4v) is 2.50. The maximum Gasteiger partial charge on any atom is 0.165 e. The first-order chi connectivity index (χ1) is 8.08. The molecule has 17 heavy (non-hydrogen) atoms. The van der Waals surface area contributed by atoms with E-state index in [-0.39, 0.29) is 10.7 Å². The highest BCUT2D eigenvalue weighted by molar-refractivity contribution is 9.11. The standard InChI is InChI=1S/C11H6Br2ClFN2/c12-6-4-7(13)11(16-5-6)17-9-3-1-2-8(14)10(9)15/h1-5H,(H,16,17). The van der Waals surface area contributed by atoms with Crippen molar-refractivity contribution in [2.45, 2.75) is 0 Å². The van der Waals surface area contributed by atoms with E-state index < -0.39 is 5.82 Å². The van der Waals surface area contributed by atoms with Gasteiger partial charge in [0.15, 0.2) is 5.82 Å². The van der Waals surface area contributed by atoms with Crippen LogP contribution in [-0.2, 0) is 0 Å². The van der Waals surface area contributed by atoms with Crippen LogP contribution in [0, 0.1) is 5.82 Å². The molecule has 0 spiro atoms. The largest absolute Gasteiger partial charge is 0.337 e. The molecule has 1 aromatic heterocycles. The summed E-state index contributed by atoms with van der Waals surface area (Å²) >= 11 is 12.3. The first-order valence-corrected chi connectivity index (χ1v) is 6.56. The second-order valence-electron chi connectivity index (χ2n) is 3.21. The number of anilines is 2. The van der Waals surface area contributed by atoms with Crippen molar-refractivity contribution in [3.05, 3.63) is 50.2 Å². The van der Waals surface area contributed by atoms with Gasteiger partial charge in [-0.3, -0.25) is 0 Å². The lowest BCUT2D eigenvalue weighted by atomic mass is 10.3. The molecule has 0 aliphatic heterocycles. The van der Waals surface area contributed by atoms with Crippen LogP contribution in [0.15, 0.2) is 39.4 Å². The van der Waals surface area contributed by atoms with E-state index in [2.05, 4.69) is 42.2 Å². The number of aromatic nitrogens is 1. The van der Waals surface area contributed by atoms with E-state index in [1.807, 2.05) is 6.07 Å². The van der Waals surface area contributed by atoms with Crippen molar-refractivity contribution >= 4 is 55.0 Å². The summed E-state index contributed by atoms with van der Waals surface area (Å²) in [6, 6.07) is 6.57. The van der Waals surface area contributed by atoms with E-state index in [9.17, 15) is 4.39 Å². The molecule has 0 fully saturated rings. The minimum atomic E-state index is -0.495. The third-order valence-electron chi connectivity index (χ3n) is 2.01. The molecule has 2 aromatic rings. The first-order valence-electron chi connectivity index (χ1n) is 4.60. The molecule has 0 amide bonds. The number of halogens is 4. The zero-order chi connectivity index (χ0) is 12.4. The third kappa shape index (κ3) is 2.97. The Morgan fingerprint density at radius 3 is 2.76 bits per heavy atom. The van der Waals surface area contributed by atoms with Gasteiger partial charge in [0, 0.05) is 10.7 Å². The van der Waals surface area contributed by atoms with Gasteiger partial charge in [-0.15, -0.1) is 0 Å². The Morgan fingerprint density at radius 1 is 1.29 bits per heavy atom. The Bertz CT molecular complexity index is 563. The minimum Gasteiger partial charge on any atom is -0.337 e. The molecule has 0 bridgehead atoms. The van der Waals surface area contributed by atoms with Crippen LogP contribution in [0.3, 0.4) is 0 Å². The highest BCUT2D eigenvalue weighted by Gasteiger charge is 2.08. The minimum absolute atomic E-state index is 0.0724. The third-order valence-corrected chi connectivity index (χ3v) is 3.34. The van der Waals surface area contributed by atoms with Crippen LogP contribution in [0.25, 0.3) is 0 Å². The van der Waals surface area contributed by atoms with Gasteiger partial charge in [0.1, 0.15) is 5.82 Å². The van der Waals surface area contributed by atoms with E-state index in [0.29, 0.717) is 5.82 Å². The number of nitrogens with zero attached hydrogens (tertiary/aromatic N) is 1. The van der Waals surface area contributed by atoms with Gasteiger partial charge in [0.2, 0.25) is 0 Å². The number of nitrogens with one attached hydrogen (secondary N) is 1. The molecule has 0 radical (unpaired) electrons. The molecular weight excluding hydrogens is 374 g/mol. The van der Waals surface area contributed by atoms with Crippen LogP contribution >= 0.6 is 43.5 Å². The molecule has 2 nitrogen and oxygen atoms in total. The lowest BCUT2D eigenvalue weighted by molar-refractivity contribution is 0.632. The quantitative estimate of drug-likeness (QED) is 0.780. The van der Waals surface area contributed by atoms with Crippen LogP contribution in [0.2, 0.25) is 5.02 Å². The average molecular weight is 380 g/mol. The van der Waals surface area contributed by atoms with Gasteiger partial charge in [-0.2, -0.15) is 0 Å². The van der Waals surface area contributed by atoms with Crippen molar-refractivity contribution in [1.29, 1.82) is 0 Å². The van der Waals surface area contributed by atoms with Gasteiger partial charge in [0.05, 0.1) is 15.2 Å². The molecule has 0 saturated heterocycles. The van der Waals surface area contributed by atoms with Crippen LogP contribution in [0.1, 0.15) is 0 Å². The van der Waals surface area contributed by atoms with Crippen molar-refractivity contribution in [3.8, 4) is 0 Å². The summed E-state index contributed by atoms with van der Waals surface area (Å²) in [4.78, 5) is 4.13. The second kappa shape index (κ2) is 5.33. The van der Waals surface area contributed by atoms with Crippen molar-refractivity contribution in [3.63, 3.8) is 0 Å². The van der Waals surface area contributed by atoms with E-state index in [1.54, 1.807) is 18.3 Å². The summed E-state index contributed by atoms with van der Waals surface area (Å²) in [5.74, 6) is 0.0279. The molecule has 1 heterocycles. The number of rotatable bonds is 2. The Hall–Kier alpha value is -0.650. The Balaban J connectivity index is 2.35. The van der Waals surface area contributed by atoms with E-state index in [1.165, 1.54) is 6.07 Å². The summed E-state index contributed by atoms with van der Waals surface area (Å²) in [5, 5.41) is 2.94. The van der Waals surface area contributed by atoms with Crippen LogP contribution in [-0.4, -0.2) is 4.98 Å². The molecule has 88 valence electrons. The molecule has 0 aliphatic rings. The number of hydrogen-bond acceptors (Lipinski definition) is 2. The molecule has 1 aromatic carbocycles. The lowest BCUT2D eigenvalue weighted by Crippen LogP contribution is -1.97.